The molecule has 1 fully saturated rings. The lowest BCUT2D eigenvalue weighted by Gasteiger charge is -2.34. The number of aryl methyl sites for hydroxylation is 1. The highest BCUT2D eigenvalue weighted by molar-refractivity contribution is 6.02. The molecule has 1 saturated heterocycles. The van der Waals surface area contributed by atoms with Gasteiger partial charge in [-0.1, -0.05) is 12.1 Å². The fraction of sp³-hybridized carbons (Fsp3) is 0.348. The van der Waals surface area contributed by atoms with Gasteiger partial charge in [0.1, 0.15) is 5.82 Å². The number of aromatic nitrogens is 2. The number of rotatable bonds is 4. The molecule has 0 bridgehead atoms. The number of benzene rings is 1. The molecular weight excluding hydrogens is 400 g/mol. The Hall–Kier alpha value is -3.29. The van der Waals surface area contributed by atoms with Crippen LogP contribution >= 0.6 is 0 Å². The molecule has 2 aromatic heterocycles. The predicted octanol–water partition coefficient (Wildman–Crippen LogP) is 4.84. The number of amides is 2. The van der Waals surface area contributed by atoms with Crippen LogP contribution in [0.4, 0.5) is 25.1 Å². The minimum Gasteiger partial charge on any atom is -0.356 e. The summed E-state index contributed by atoms with van der Waals surface area (Å²) in [7, 11) is 0. The van der Waals surface area contributed by atoms with Crippen molar-refractivity contribution in [3.05, 3.63) is 60.0 Å². The molecule has 1 aliphatic heterocycles. The van der Waals surface area contributed by atoms with Gasteiger partial charge in [0.15, 0.2) is 0 Å². The van der Waals surface area contributed by atoms with E-state index >= 15 is 0 Å². The van der Waals surface area contributed by atoms with E-state index in [1.165, 1.54) is 18.3 Å². The Morgan fingerprint density at radius 2 is 1.84 bits per heavy atom. The van der Waals surface area contributed by atoms with Crippen molar-refractivity contribution < 1.29 is 13.6 Å². The number of urea groups is 1. The van der Waals surface area contributed by atoms with Crippen molar-refractivity contribution in [2.45, 2.75) is 38.7 Å². The SMILES string of the molecule is Cc1nccc2c(NC(=O)NC3CCN(c4ncccc4C(C)(F)F)CC3)cccc12. The van der Waals surface area contributed by atoms with E-state index < -0.39 is 5.92 Å². The summed E-state index contributed by atoms with van der Waals surface area (Å²) in [5.41, 5.74) is 1.56. The van der Waals surface area contributed by atoms with E-state index in [1.54, 1.807) is 6.20 Å². The molecule has 6 nitrogen and oxygen atoms in total. The molecule has 0 saturated carbocycles. The number of hydrogen-bond donors (Lipinski definition) is 2. The second kappa shape index (κ2) is 8.45. The minimum absolute atomic E-state index is 0.0380. The second-order valence-corrected chi connectivity index (χ2v) is 7.92. The quantitative estimate of drug-likeness (QED) is 0.628. The van der Waals surface area contributed by atoms with E-state index in [4.69, 9.17) is 0 Å². The van der Waals surface area contributed by atoms with Gasteiger partial charge in [-0.3, -0.25) is 4.98 Å². The highest BCUT2D eigenvalue weighted by atomic mass is 19.3. The molecule has 0 unspecified atom stereocenters. The number of nitrogens with one attached hydrogen (secondary N) is 2. The third-order valence-corrected chi connectivity index (χ3v) is 5.64. The topological polar surface area (TPSA) is 70.2 Å². The molecule has 0 atom stereocenters. The Morgan fingerprint density at radius 3 is 2.58 bits per heavy atom. The van der Waals surface area contributed by atoms with Crippen LogP contribution < -0.4 is 15.5 Å². The van der Waals surface area contributed by atoms with Crippen molar-refractivity contribution in [1.82, 2.24) is 15.3 Å². The van der Waals surface area contributed by atoms with Crippen molar-refractivity contribution >= 4 is 28.3 Å². The number of nitrogens with zero attached hydrogens (tertiary/aromatic N) is 3. The third-order valence-electron chi connectivity index (χ3n) is 5.64. The number of anilines is 2. The van der Waals surface area contributed by atoms with Gasteiger partial charge in [0.05, 0.1) is 11.3 Å². The molecule has 0 radical (unpaired) electrons. The lowest BCUT2D eigenvalue weighted by atomic mass is 10.0. The molecule has 31 heavy (non-hydrogen) atoms. The first kappa shape index (κ1) is 21.0. The summed E-state index contributed by atoms with van der Waals surface area (Å²) >= 11 is 0. The highest BCUT2D eigenvalue weighted by Crippen LogP contribution is 2.34. The van der Waals surface area contributed by atoms with Crippen LogP contribution in [0.15, 0.2) is 48.8 Å². The van der Waals surface area contributed by atoms with E-state index in [0.29, 0.717) is 31.7 Å². The molecular formula is C23H25F2N5O. The van der Waals surface area contributed by atoms with Gasteiger partial charge < -0.3 is 15.5 Å². The normalized spacial score (nSPS) is 15.2. The van der Waals surface area contributed by atoms with E-state index in [0.717, 1.165) is 29.1 Å². The van der Waals surface area contributed by atoms with Gasteiger partial charge >= 0.3 is 6.03 Å². The lowest BCUT2D eigenvalue weighted by Crippen LogP contribution is -2.46. The van der Waals surface area contributed by atoms with Gasteiger partial charge in [0.2, 0.25) is 0 Å². The number of piperidine rings is 1. The molecule has 1 aromatic carbocycles. The zero-order valence-corrected chi connectivity index (χ0v) is 17.5. The summed E-state index contributed by atoms with van der Waals surface area (Å²) in [6.07, 6.45) is 4.56. The number of alkyl halides is 2. The largest absolute Gasteiger partial charge is 0.356 e. The van der Waals surface area contributed by atoms with Gasteiger partial charge in [0, 0.05) is 54.9 Å². The number of carbonyl (C=O) groups is 1. The standard InChI is InChI=1S/C23H25F2N5O/c1-15-17-5-3-7-20(18(17)8-12-26-15)29-22(31)28-16-9-13-30(14-10-16)21-19(23(2,24)25)6-4-11-27-21/h3-8,11-12,16H,9-10,13-14H2,1-2H3,(H2,28,29,31). The molecule has 0 spiro atoms. The van der Waals surface area contributed by atoms with Crippen LogP contribution in [0.1, 0.15) is 31.0 Å². The van der Waals surface area contributed by atoms with Crippen molar-refractivity contribution in [3.63, 3.8) is 0 Å². The van der Waals surface area contributed by atoms with E-state index in [9.17, 15) is 13.6 Å². The Morgan fingerprint density at radius 1 is 1.06 bits per heavy atom. The van der Waals surface area contributed by atoms with Gasteiger partial charge in [-0.2, -0.15) is 0 Å². The number of fused-ring (bicyclic) bond motifs is 1. The Labute approximate surface area is 179 Å². The monoisotopic (exact) mass is 425 g/mol. The van der Waals surface area contributed by atoms with Crippen molar-refractivity contribution in [3.8, 4) is 0 Å². The smallest absolute Gasteiger partial charge is 0.319 e. The number of halogens is 2. The van der Waals surface area contributed by atoms with Crippen LogP contribution in [-0.2, 0) is 5.92 Å². The molecule has 3 aromatic rings. The van der Waals surface area contributed by atoms with Crippen LogP contribution in [0.2, 0.25) is 0 Å². The maximum absolute atomic E-state index is 13.9. The molecule has 8 heteroatoms. The fourth-order valence-electron chi connectivity index (χ4n) is 4.03. The van der Waals surface area contributed by atoms with Crippen LogP contribution in [0, 0.1) is 6.92 Å². The van der Waals surface area contributed by atoms with Gasteiger partial charge in [0.25, 0.3) is 5.92 Å². The first-order valence-electron chi connectivity index (χ1n) is 10.3. The summed E-state index contributed by atoms with van der Waals surface area (Å²) in [4.78, 5) is 22.9. The molecule has 1 aliphatic rings. The molecule has 4 rings (SSSR count). The summed E-state index contributed by atoms with van der Waals surface area (Å²) < 4.78 is 27.9. The molecule has 0 aliphatic carbocycles. The zero-order chi connectivity index (χ0) is 22.0. The molecule has 3 heterocycles. The Bertz CT molecular complexity index is 1090. The van der Waals surface area contributed by atoms with Crippen molar-refractivity contribution in [1.29, 1.82) is 0 Å². The first-order chi connectivity index (χ1) is 14.8. The highest BCUT2D eigenvalue weighted by Gasteiger charge is 2.32. The molecule has 2 N–H and O–H groups in total. The van der Waals surface area contributed by atoms with E-state index in [-0.39, 0.29) is 17.6 Å². The first-order valence-corrected chi connectivity index (χ1v) is 10.3. The molecule has 2 amide bonds. The fourth-order valence-corrected chi connectivity index (χ4v) is 4.03. The predicted molar refractivity (Wildman–Crippen MR) is 118 cm³/mol. The Balaban J connectivity index is 1.38. The third kappa shape index (κ3) is 4.57. The summed E-state index contributed by atoms with van der Waals surface area (Å²) in [6, 6.07) is 10.2. The lowest BCUT2D eigenvalue weighted by molar-refractivity contribution is 0.0176. The van der Waals surface area contributed by atoms with Crippen LogP contribution in [-0.4, -0.2) is 35.1 Å². The second-order valence-electron chi connectivity index (χ2n) is 7.92. The van der Waals surface area contributed by atoms with Gasteiger partial charge in [-0.15, -0.1) is 0 Å². The summed E-state index contributed by atoms with van der Waals surface area (Å²) in [5.74, 6) is -2.64. The van der Waals surface area contributed by atoms with Crippen molar-refractivity contribution in [2.24, 2.45) is 0 Å². The van der Waals surface area contributed by atoms with Crippen LogP contribution in [0.5, 0.6) is 0 Å². The van der Waals surface area contributed by atoms with Crippen molar-refractivity contribution in [2.75, 3.05) is 23.3 Å². The van der Waals surface area contributed by atoms with Gasteiger partial charge in [-0.05, 0) is 44.0 Å². The minimum atomic E-state index is -2.95. The molecule has 162 valence electrons. The maximum Gasteiger partial charge on any atom is 0.319 e. The van der Waals surface area contributed by atoms with E-state index in [2.05, 4.69) is 20.6 Å². The number of hydrogen-bond acceptors (Lipinski definition) is 4. The number of pyridine rings is 2. The van der Waals surface area contributed by atoms with E-state index in [1.807, 2.05) is 36.1 Å². The van der Waals surface area contributed by atoms with Gasteiger partial charge in [-0.25, -0.2) is 18.6 Å². The average molecular weight is 425 g/mol. The average Bonchev–Trinajstić information content (AvgIpc) is 2.74. The number of carbonyl (C=O) groups excluding carboxylic acids is 1. The summed E-state index contributed by atoms with van der Waals surface area (Å²) in [5, 5.41) is 7.86. The Kier molecular flexibility index (Phi) is 5.71. The summed E-state index contributed by atoms with van der Waals surface area (Å²) in [6.45, 7) is 3.91. The maximum atomic E-state index is 13.9. The van der Waals surface area contributed by atoms with Crippen LogP contribution in [0.25, 0.3) is 10.8 Å². The zero-order valence-electron chi connectivity index (χ0n) is 17.5. The van der Waals surface area contributed by atoms with Crippen LogP contribution in [0.3, 0.4) is 0 Å².